The standard InChI is InChI=1S/C11H9BrN2O2/c12-7-5-9(13-6-7)11(16)14-8-3-1-2-4-10(8)15/h1-6,13,15H,(H,14,16). The molecule has 3 N–H and O–H groups in total. The Labute approximate surface area is 100 Å². The van der Waals surface area contributed by atoms with Crippen LogP contribution in [0.5, 0.6) is 5.75 Å². The Morgan fingerprint density at radius 2 is 2.12 bits per heavy atom. The van der Waals surface area contributed by atoms with E-state index in [2.05, 4.69) is 26.2 Å². The molecule has 0 radical (unpaired) electrons. The van der Waals surface area contributed by atoms with E-state index in [-0.39, 0.29) is 11.7 Å². The first kappa shape index (κ1) is 10.8. The van der Waals surface area contributed by atoms with E-state index in [1.165, 1.54) is 6.07 Å². The summed E-state index contributed by atoms with van der Waals surface area (Å²) in [5.74, 6) is -0.256. The summed E-state index contributed by atoms with van der Waals surface area (Å²) in [4.78, 5) is 14.5. The highest BCUT2D eigenvalue weighted by Gasteiger charge is 2.09. The summed E-state index contributed by atoms with van der Waals surface area (Å²) in [7, 11) is 0. The van der Waals surface area contributed by atoms with E-state index in [9.17, 15) is 9.90 Å². The summed E-state index contributed by atoms with van der Waals surface area (Å²) in [5, 5.41) is 12.1. The predicted molar refractivity (Wildman–Crippen MR) is 64.6 cm³/mol. The average molecular weight is 281 g/mol. The summed E-state index contributed by atoms with van der Waals surface area (Å²) in [5.41, 5.74) is 0.813. The maximum Gasteiger partial charge on any atom is 0.272 e. The smallest absolute Gasteiger partial charge is 0.272 e. The van der Waals surface area contributed by atoms with Gasteiger partial charge in [-0.05, 0) is 34.1 Å². The van der Waals surface area contributed by atoms with Gasteiger partial charge in [-0.3, -0.25) is 4.79 Å². The number of aromatic nitrogens is 1. The normalized spacial score (nSPS) is 10.1. The van der Waals surface area contributed by atoms with Crippen LogP contribution < -0.4 is 5.32 Å². The second-order valence-corrected chi connectivity index (χ2v) is 4.12. The van der Waals surface area contributed by atoms with E-state index in [1.54, 1.807) is 30.5 Å². The lowest BCUT2D eigenvalue weighted by atomic mass is 10.3. The van der Waals surface area contributed by atoms with Gasteiger partial charge in [0.2, 0.25) is 0 Å². The molecule has 0 aliphatic carbocycles. The number of amides is 1. The molecular formula is C11H9BrN2O2. The molecule has 1 amide bonds. The zero-order chi connectivity index (χ0) is 11.5. The highest BCUT2D eigenvalue weighted by molar-refractivity contribution is 9.10. The first-order chi connectivity index (χ1) is 7.66. The van der Waals surface area contributed by atoms with Crippen molar-refractivity contribution in [3.8, 4) is 5.75 Å². The number of nitrogens with one attached hydrogen (secondary N) is 2. The number of H-pyrrole nitrogens is 1. The number of phenolic OH excluding ortho intramolecular Hbond substituents is 1. The van der Waals surface area contributed by atoms with Crippen LogP contribution in [0.15, 0.2) is 41.0 Å². The predicted octanol–water partition coefficient (Wildman–Crippen LogP) is 2.74. The van der Waals surface area contributed by atoms with Crippen LogP contribution in [0.4, 0.5) is 5.69 Å². The minimum absolute atomic E-state index is 0.0430. The number of hydrogen-bond acceptors (Lipinski definition) is 2. The molecule has 0 aliphatic rings. The van der Waals surface area contributed by atoms with Crippen molar-refractivity contribution in [3.05, 3.63) is 46.7 Å². The lowest BCUT2D eigenvalue weighted by molar-refractivity contribution is 0.102. The molecule has 1 aromatic carbocycles. The topological polar surface area (TPSA) is 65.1 Å². The van der Waals surface area contributed by atoms with Crippen LogP contribution in [0.25, 0.3) is 0 Å². The fourth-order valence-corrected chi connectivity index (χ4v) is 1.61. The maximum atomic E-state index is 11.7. The lowest BCUT2D eigenvalue weighted by Gasteiger charge is -2.05. The number of para-hydroxylation sites is 2. The summed E-state index contributed by atoms with van der Waals surface area (Å²) in [6.07, 6.45) is 1.67. The van der Waals surface area contributed by atoms with Crippen molar-refractivity contribution in [2.75, 3.05) is 5.32 Å². The molecule has 5 heteroatoms. The zero-order valence-corrected chi connectivity index (χ0v) is 9.78. The van der Waals surface area contributed by atoms with Crippen LogP contribution in [0.2, 0.25) is 0 Å². The van der Waals surface area contributed by atoms with Gasteiger partial charge in [-0.1, -0.05) is 12.1 Å². The van der Waals surface area contributed by atoms with E-state index in [0.717, 1.165) is 4.47 Å². The quantitative estimate of drug-likeness (QED) is 0.741. The molecule has 0 unspecified atom stereocenters. The van der Waals surface area contributed by atoms with E-state index in [0.29, 0.717) is 11.4 Å². The molecule has 0 bridgehead atoms. The fourth-order valence-electron chi connectivity index (χ4n) is 1.27. The highest BCUT2D eigenvalue weighted by atomic mass is 79.9. The van der Waals surface area contributed by atoms with Gasteiger partial charge in [-0.2, -0.15) is 0 Å². The molecule has 82 valence electrons. The monoisotopic (exact) mass is 280 g/mol. The first-order valence-corrected chi connectivity index (χ1v) is 5.39. The van der Waals surface area contributed by atoms with Gasteiger partial charge in [0, 0.05) is 10.7 Å². The van der Waals surface area contributed by atoms with E-state index in [1.807, 2.05) is 0 Å². The number of aromatic hydroxyl groups is 1. The van der Waals surface area contributed by atoms with Crippen molar-refractivity contribution in [1.82, 2.24) is 4.98 Å². The van der Waals surface area contributed by atoms with Crippen molar-refractivity contribution in [1.29, 1.82) is 0 Å². The Morgan fingerprint density at radius 3 is 2.75 bits per heavy atom. The summed E-state index contributed by atoms with van der Waals surface area (Å²) in [6.45, 7) is 0. The number of phenols is 1. The Bertz CT molecular complexity index is 522. The van der Waals surface area contributed by atoms with Crippen molar-refractivity contribution >= 4 is 27.5 Å². The van der Waals surface area contributed by atoms with Gasteiger partial charge in [0.1, 0.15) is 11.4 Å². The van der Waals surface area contributed by atoms with Gasteiger partial charge in [-0.15, -0.1) is 0 Å². The van der Waals surface area contributed by atoms with Crippen molar-refractivity contribution in [3.63, 3.8) is 0 Å². The SMILES string of the molecule is O=C(Nc1ccccc1O)c1cc(Br)c[nH]1. The number of carbonyl (C=O) groups is 1. The van der Waals surface area contributed by atoms with Crippen LogP contribution in [0, 0.1) is 0 Å². The number of rotatable bonds is 2. The molecular weight excluding hydrogens is 272 g/mol. The third kappa shape index (κ3) is 2.25. The number of benzene rings is 1. The second-order valence-electron chi connectivity index (χ2n) is 3.20. The average Bonchev–Trinajstić information content (AvgIpc) is 2.68. The molecule has 4 nitrogen and oxygen atoms in total. The van der Waals surface area contributed by atoms with Gasteiger partial charge in [0.25, 0.3) is 5.91 Å². The summed E-state index contributed by atoms with van der Waals surface area (Å²) >= 11 is 3.24. The van der Waals surface area contributed by atoms with Gasteiger partial charge in [-0.25, -0.2) is 0 Å². The molecule has 0 saturated carbocycles. The summed E-state index contributed by atoms with van der Waals surface area (Å²) < 4.78 is 0.801. The summed E-state index contributed by atoms with van der Waals surface area (Å²) in [6, 6.07) is 8.23. The molecule has 0 aliphatic heterocycles. The molecule has 2 aromatic rings. The molecule has 1 heterocycles. The molecule has 2 rings (SSSR count). The van der Waals surface area contributed by atoms with Crippen LogP contribution in [-0.2, 0) is 0 Å². The van der Waals surface area contributed by atoms with Gasteiger partial charge in [0.05, 0.1) is 5.69 Å². The Morgan fingerprint density at radius 1 is 1.38 bits per heavy atom. The third-order valence-electron chi connectivity index (χ3n) is 2.04. The number of anilines is 1. The molecule has 16 heavy (non-hydrogen) atoms. The van der Waals surface area contributed by atoms with Gasteiger partial charge < -0.3 is 15.4 Å². The molecule has 1 aromatic heterocycles. The first-order valence-electron chi connectivity index (χ1n) is 4.60. The van der Waals surface area contributed by atoms with E-state index >= 15 is 0 Å². The Hall–Kier alpha value is -1.75. The van der Waals surface area contributed by atoms with Crippen LogP contribution in [0.1, 0.15) is 10.5 Å². The number of aromatic amines is 1. The fraction of sp³-hybridized carbons (Fsp3) is 0. The van der Waals surface area contributed by atoms with Crippen molar-refractivity contribution in [2.45, 2.75) is 0 Å². The van der Waals surface area contributed by atoms with Crippen molar-refractivity contribution in [2.24, 2.45) is 0 Å². The second kappa shape index (κ2) is 4.40. The molecule has 0 spiro atoms. The molecule has 0 atom stereocenters. The lowest BCUT2D eigenvalue weighted by Crippen LogP contribution is -2.12. The van der Waals surface area contributed by atoms with Crippen LogP contribution >= 0.6 is 15.9 Å². The van der Waals surface area contributed by atoms with Gasteiger partial charge in [0.15, 0.2) is 0 Å². The Kier molecular flexibility index (Phi) is 2.96. The van der Waals surface area contributed by atoms with Crippen LogP contribution in [0.3, 0.4) is 0 Å². The van der Waals surface area contributed by atoms with Gasteiger partial charge >= 0.3 is 0 Å². The van der Waals surface area contributed by atoms with Crippen molar-refractivity contribution < 1.29 is 9.90 Å². The molecule has 0 fully saturated rings. The number of carbonyl (C=O) groups excluding carboxylic acids is 1. The zero-order valence-electron chi connectivity index (χ0n) is 8.20. The largest absolute Gasteiger partial charge is 0.506 e. The minimum Gasteiger partial charge on any atom is -0.506 e. The molecule has 0 saturated heterocycles. The third-order valence-corrected chi connectivity index (χ3v) is 2.50. The van der Waals surface area contributed by atoms with E-state index < -0.39 is 0 Å². The number of hydrogen-bond donors (Lipinski definition) is 3. The maximum absolute atomic E-state index is 11.7. The minimum atomic E-state index is -0.299. The van der Waals surface area contributed by atoms with E-state index in [4.69, 9.17) is 0 Å². The highest BCUT2D eigenvalue weighted by Crippen LogP contribution is 2.22. The number of halogens is 1. The Balaban J connectivity index is 2.17. The van der Waals surface area contributed by atoms with Crippen LogP contribution in [-0.4, -0.2) is 16.0 Å².